The van der Waals surface area contributed by atoms with Crippen LogP contribution in [-0.4, -0.2) is 37.7 Å². The molecule has 1 heterocycles. The van der Waals surface area contributed by atoms with E-state index in [9.17, 15) is 0 Å². The maximum absolute atomic E-state index is 5.65. The zero-order chi connectivity index (χ0) is 16.9. The average Bonchev–Trinajstić information content (AvgIpc) is 2.99. The summed E-state index contributed by atoms with van der Waals surface area (Å²) in [4.78, 5) is 2.19. The number of benzene rings is 2. The molecule has 0 aromatic heterocycles. The first-order valence-corrected chi connectivity index (χ1v) is 8.80. The van der Waals surface area contributed by atoms with Crippen molar-refractivity contribution in [3.8, 4) is 11.1 Å². The largest absolute Gasteiger partial charge is 0.377 e. The van der Waals surface area contributed by atoms with Gasteiger partial charge in [0.05, 0.1) is 6.10 Å². The zero-order valence-corrected chi connectivity index (χ0v) is 15.0. The third-order valence-electron chi connectivity index (χ3n) is 4.71. The van der Waals surface area contributed by atoms with Gasteiger partial charge in [-0.2, -0.15) is 0 Å². The normalized spacial score (nSPS) is 20.7. The molecule has 0 radical (unpaired) electrons. The van der Waals surface area contributed by atoms with Crippen molar-refractivity contribution in [2.24, 2.45) is 0 Å². The lowest BCUT2D eigenvalue weighted by Gasteiger charge is -2.18. The molecule has 3 rings (SSSR count). The molecule has 0 spiro atoms. The predicted octanol–water partition coefficient (Wildman–Crippen LogP) is 3.68. The van der Waals surface area contributed by atoms with Crippen molar-refractivity contribution in [3.05, 3.63) is 59.7 Å². The topological polar surface area (TPSA) is 24.5 Å². The highest BCUT2D eigenvalue weighted by Crippen LogP contribution is 2.25. The van der Waals surface area contributed by atoms with Gasteiger partial charge in [-0.1, -0.05) is 48.5 Å². The van der Waals surface area contributed by atoms with Crippen molar-refractivity contribution in [1.82, 2.24) is 10.2 Å². The Morgan fingerprint density at radius 1 is 1.08 bits per heavy atom. The Labute approximate surface area is 145 Å². The molecule has 2 aromatic carbocycles. The van der Waals surface area contributed by atoms with Gasteiger partial charge in [0, 0.05) is 25.7 Å². The van der Waals surface area contributed by atoms with Crippen LogP contribution in [0.5, 0.6) is 0 Å². The van der Waals surface area contributed by atoms with Crippen molar-refractivity contribution in [2.75, 3.05) is 20.7 Å². The molecule has 0 aliphatic carbocycles. The van der Waals surface area contributed by atoms with Crippen LogP contribution in [0, 0.1) is 0 Å². The fourth-order valence-electron chi connectivity index (χ4n) is 3.35. The second kappa shape index (κ2) is 7.93. The van der Waals surface area contributed by atoms with Gasteiger partial charge in [-0.3, -0.25) is 0 Å². The van der Waals surface area contributed by atoms with Crippen LogP contribution in [0.2, 0.25) is 0 Å². The molecule has 0 unspecified atom stereocenters. The third kappa shape index (κ3) is 4.23. The van der Waals surface area contributed by atoms with Gasteiger partial charge in [0.15, 0.2) is 0 Å². The lowest BCUT2D eigenvalue weighted by Crippen LogP contribution is -2.34. The summed E-state index contributed by atoms with van der Waals surface area (Å²) < 4.78 is 5.65. The second-order valence-electron chi connectivity index (χ2n) is 6.94. The van der Waals surface area contributed by atoms with Gasteiger partial charge in [0.1, 0.15) is 0 Å². The number of hydrogen-bond donors (Lipinski definition) is 1. The highest BCUT2D eigenvalue weighted by molar-refractivity contribution is 5.67. The first-order valence-electron chi connectivity index (χ1n) is 8.80. The minimum Gasteiger partial charge on any atom is -0.377 e. The second-order valence-corrected chi connectivity index (χ2v) is 6.94. The average molecular weight is 324 g/mol. The van der Waals surface area contributed by atoms with Gasteiger partial charge in [0.25, 0.3) is 0 Å². The Balaban J connectivity index is 1.73. The molecule has 1 N–H and O–H groups in total. The van der Waals surface area contributed by atoms with Gasteiger partial charge in [-0.15, -0.1) is 0 Å². The van der Waals surface area contributed by atoms with E-state index in [1.807, 2.05) is 0 Å². The van der Waals surface area contributed by atoms with Gasteiger partial charge >= 0.3 is 0 Å². The summed E-state index contributed by atoms with van der Waals surface area (Å²) in [5.74, 6) is 0. The summed E-state index contributed by atoms with van der Waals surface area (Å²) in [6.45, 7) is 4.88. The molecule has 128 valence electrons. The molecule has 0 bridgehead atoms. The van der Waals surface area contributed by atoms with Crippen LogP contribution in [0.1, 0.15) is 24.5 Å². The molecule has 0 amide bonds. The van der Waals surface area contributed by atoms with Crippen molar-refractivity contribution in [2.45, 2.75) is 38.6 Å². The van der Waals surface area contributed by atoms with E-state index in [4.69, 9.17) is 4.74 Å². The summed E-state index contributed by atoms with van der Waals surface area (Å²) in [6, 6.07) is 18.1. The molecule has 2 aromatic rings. The minimum absolute atomic E-state index is 0.308. The fourth-order valence-corrected chi connectivity index (χ4v) is 3.35. The van der Waals surface area contributed by atoms with Crippen LogP contribution in [-0.2, 0) is 17.8 Å². The van der Waals surface area contributed by atoms with E-state index in [2.05, 4.69) is 79.8 Å². The maximum Gasteiger partial charge on any atom is 0.0700 e. The van der Waals surface area contributed by atoms with Crippen molar-refractivity contribution < 1.29 is 4.74 Å². The number of nitrogens with one attached hydrogen (secondary N) is 1. The third-order valence-corrected chi connectivity index (χ3v) is 4.71. The lowest BCUT2D eigenvalue weighted by molar-refractivity contribution is 0.113. The van der Waals surface area contributed by atoms with Crippen LogP contribution in [0.25, 0.3) is 11.1 Å². The summed E-state index contributed by atoms with van der Waals surface area (Å²) in [7, 11) is 4.20. The van der Waals surface area contributed by atoms with Crippen molar-refractivity contribution in [1.29, 1.82) is 0 Å². The van der Waals surface area contributed by atoms with E-state index >= 15 is 0 Å². The predicted molar refractivity (Wildman–Crippen MR) is 99.9 cm³/mol. The monoisotopic (exact) mass is 324 g/mol. The highest BCUT2D eigenvalue weighted by Gasteiger charge is 2.23. The standard InChI is InChI=1S/C21H28N2O/c1-16-21(12-13-24-16)22-14-19-6-4-5-7-20(19)18-10-8-17(9-11-18)15-23(2)3/h4-11,16,21-22H,12-15H2,1-3H3/t16-,21-/m1/s1. The Morgan fingerprint density at radius 3 is 2.50 bits per heavy atom. The molecule has 0 saturated carbocycles. The van der Waals surface area contributed by atoms with Crippen LogP contribution in [0.3, 0.4) is 0 Å². The summed E-state index contributed by atoms with van der Waals surface area (Å²) >= 11 is 0. The van der Waals surface area contributed by atoms with Crippen LogP contribution in [0.15, 0.2) is 48.5 Å². The molecule has 1 saturated heterocycles. The van der Waals surface area contributed by atoms with Gasteiger partial charge in [-0.05, 0) is 49.7 Å². The Morgan fingerprint density at radius 2 is 1.83 bits per heavy atom. The van der Waals surface area contributed by atoms with Crippen LogP contribution < -0.4 is 5.32 Å². The Bertz CT molecular complexity index is 651. The zero-order valence-electron chi connectivity index (χ0n) is 15.0. The van der Waals surface area contributed by atoms with E-state index in [1.54, 1.807) is 0 Å². The molecule has 1 aliphatic heterocycles. The molecule has 1 aliphatic rings. The quantitative estimate of drug-likeness (QED) is 0.877. The van der Waals surface area contributed by atoms with Crippen molar-refractivity contribution in [3.63, 3.8) is 0 Å². The minimum atomic E-state index is 0.308. The van der Waals surface area contributed by atoms with Crippen LogP contribution >= 0.6 is 0 Å². The summed E-state index contributed by atoms with van der Waals surface area (Å²) in [6.07, 6.45) is 1.41. The maximum atomic E-state index is 5.65. The molecule has 24 heavy (non-hydrogen) atoms. The van der Waals surface area contributed by atoms with E-state index in [0.717, 1.165) is 26.1 Å². The highest BCUT2D eigenvalue weighted by atomic mass is 16.5. The molecular weight excluding hydrogens is 296 g/mol. The Hall–Kier alpha value is -1.68. The molecule has 3 heteroatoms. The summed E-state index contributed by atoms with van der Waals surface area (Å²) in [5.41, 5.74) is 5.28. The van der Waals surface area contributed by atoms with Gasteiger partial charge in [0.2, 0.25) is 0 Å². The molecule has 2 atom stereocenters. The molecular formula is C21H28N2O. The van der Waals surface area contributed by atoms with E-state index in [-0.39, 0.29) is 0 Å². The smallest absolute Gasteiger partial charge is 0.0700 e. The lowest BCUT2D eigenvalue weighted by atomic mass is 9.98. The fraction of sp³-hybridized carbons (Fsp3) is 0.429. The first kappa shape index (κ1) is 17.2. The van der Waals surface area contributed by atoms with E-state index in [0.29, 0.717) is 12.1 Å². The van der Waals surface area contributed by atoms with E-state index < -0.39 is 0 Å². The molecule has 3 nitrogen and oxygen atoms in total. The van der Waals surface area contributed by atoms with Gasteiger partial charge in [-0.25, -0.2) is 0 Å². The molecule has 1 fully saturated rings. The number of hydrogen-bond acceptors (Lipinski definition) is 3. The summed E-state index contributed by atoms with van der Waals surface area (Å²) in [5, 5.41) is 3.66. The van der Waals surface area contributed by atoms with E-state index in [1.165, 1.54) is 22.3 Å². The number of rotatable bonds is 6. The number of ether oxygens (including phenoxy) is 1. The van der Waals surface area contributed by atoms with Gasteiger partial charge < -0.3 is 15.0 Å². The van der Waals surface area contributed by atoms with Crippen molar-refractivity contribution >= 4 is 0 Å². The number of nitrogens with zero attached hydrogens (tertiary/aromatic N) is 1. The van der Waals surface area contributed by atoms with Crippen LogP contribution in [0.4, 0.5) is 0 Å². The first-order chi connectivity index (χ1) is 11.6. The Kier molecular flexibility index (Phi) is 5.67. The SMILES string of the molecule is C[C@H]1OCC[C@H]1NCc1ccccc1-c1ccc(CN(C)C)cc1.